The molecule has 1 aromatic heterocycles. The molecule has 2 fully saturated rings. The maximum absolute atomic E-state index is 14.5. The van der Waals surface area contributed by atoms with Crippen molar-refractivity contribution in [3.05, 3.63) is 24.2 Å². The highest BCUT2D eigenvalue weighted by molar-refractivity contribution is 7.88. The average Bonchev–Trinajstić information content (AvgIpc) is 3.11. The van der Waals surface area contributed by atoms with E-state index in [1.807, 2.05) is 0 Å². The van der Waals surface area contributed by atoms with E-state index in [1.165, 1.54) is 10.6 Å². The molecule has 2 atom stereocenters. The number of carbonyl (C=O) groups is 1. The number of nitrogens with zero attached hydrogens (tertiary/aromatic N) is 2. The normalized spacial score (nSPS) is 30.1. The van der Waals surface area contributed by atoms with E-state index in [9.17, 15) is 17.6 Å². The molecule has 0 N–H and O–H groups in total. The van der Waals surface area contributed by atoms with Crippen molar-refractivity contribution < 1.29 is 22.0 Å². The number of alkyl halides is 1. The fourth-order valence-electron chi connectivity index (χ4n) is 3.39. The van der Waals surface area contributed by atoms with Gasteiger partial charge in [0.05, 0.1) is 12.5 Å². The fraction of sp³-hybridized carbons (Fsp3) is 0.643. The number of likely N-dealkylation sites (tertiary alicyclic amines) is 1. The van der Waals surface area contributed by atoms with Gasteiger partial charge in [-0.2, -0.15) is 0 Å². The van der Waals surface area contributed by atoms with Crippen molar-refractivity contribution >= 4 is 15.9 Å². The molecule has 0 aromatic carbocycles. The van der Waals surface area contributed by atoms with Crippen LogP contribution in [0, 0.1) is 5.41 Å². The van der Waals surface area contributed by atoms with Crippen molar-refractivity contribution in [1.29, 1.82) is 0 Å². The standard InChI is InChI=1S/C14H19FN2O4S/c1-22(19,20)17-6-4-12(15)14(10-17)5-7-16(9-14)13(18)11-3-2-8-21-11/h2-3,8,12H,4-7,9-10H2,1H3/t12-,14+/m0/s1. The highest BCUT2D eigenvalue weighted by Crippen LogP contribution is 2.42. The zero-order valence-corrected chi connectivity index (χ0v) is 13.2. The molecular formula is C14H19FN2O4S. The Labute approximate surface area is 128 Å². The van der Waals surface area contributed by atoms with E-state index in [4.69, 9.17) is 4.42 Å². The summed E-state index contributed by atoms with van der Waals surface area (Å²) in [5, 5.41) is 0. The van der Waals surface area contributed by atoms with Crippen molar-refractivity contribution in [2.75, 3.05) is 32.4 Å². The molecule has 3 rings (SSSR count). The van der Waals surface area contributed by atoms with Crippen LogP contribution in [0.25, 0.3) is 0 Å². The van der Waals surface area contributed by atoms with Crippen molar-refractivity contribution in [3.63, 3.8) is 0 Å². The minimum Gasteiger partial charge on any atom is -0.459 e. The Kier molecular flexibility index (Phi) is 3.76. The van der Waals surface area contributed by atoms with Crippen molar-refractivity contribution in [3.8, 4) is 0 Å². The van der Waals surface area contributed by atoms with Crippen LogP contribution in [0.2, 0.25) is 0 Å². The lowest BCUT2D eigenvalue weighted by Gasteiger charge is -2.41. The van der Waals surface area contributed by atoms with Crippen molar-refractivity contribution in [1.82, 2.24) is 9.21 Å². The van der Waals surface area contributed by atoms with E-state index in [0.717, 1.165) is 6.26 Å². The predicted molar refractivity (Wildman–Crippen MR) is 77.6 cm³/mol. The van der Waals surface area contributed by atoms with Gasteiger partial charge in [0.2, 0.25) is 10.0 Å². The molecule has 2 saturated heterocycles. The van der Waals surface area contributed by atoms with Gasteiger partial charge in [0.25, 0.3) is 5.91 Å². The minimum atomic E-state index is -3.35. The summed E-state index contributed by atoms with van der Waals surface area (Å²) in [4.78, 5) is 13.8. The summed E-state index contributed by atoms with van der Waals surface area (Å²) in [7, 11) is -3.35. The molecule has 1 amide bonds. The molecule has 0 unspecified atom stereocenters. The van der Waals surface area contributed by atoms with Gasteiger partial charge < -0.3 is 9.32 Å². The zero-order valence-electron chi connectivity index (χ0n) is 12.4. The summed E-state index contributed by atoms with van der Waals surface area (Å²) in [6, 6.07) is 3.20. The number of carbonyl (C=O) groups excluding carboxylic acids is 1. The molecule has 1 aromatic rings. The molecular weight excluding hydrogens is 311 g/mol. The smallest absolute Gasteiger partial charge is 0.289 e. The molecule has 122 valence electrons. The number of sulfonamides is 1. The van der Waals surface area contributed by atoms with Crippen molar-refractivity contribution in [2.24, 2.45) is 5.41 Å². The van der Waals surface area contributed by atoms with Gasteiger partial charge in [0.15, 0.2) is 5.76 Å². The first kappa shape index (κ1) is 15.5. The van der Waals surface area contributed by atoms with Crippen LogP contribution in [0.5, 0.6) is 0 Å². The Bertz CT molecular complexity index is 660. The number of rotatable bonds is 2. The molecule has 6 nitrogen and oxygen atoms in total. The third-order valence-electron chi connectivity index (χ3n) is 4.66. The van der Waals surface area contributed by atoms with Gasteiger partial charge in [-0.3, -0.25) is 4.79 Å². The lowest BCUT2D eigenvalue weighted by Crippen LogP contribution is -2.53. The summed E-state index contributed by atoms with van der Waals surface area (Å²) in [6.07, 6.45) is 2.10. The molecule has 0 saturated carbocycles. The second kappa shape index (κ2) is 5.34. The molecule has 22 heavy (non-hydrogen) atoms. The van der Waals surface area contributed by atoms with Gasteiger partial charge in [-0.15, -0.1) is 0 Å². The summed E-state index contributed by atoms with van der Waals surface area (Å²) in [6.45, 7) is 0.972. The monoisotopic (exact) mass is 330 g/mol. The second-order valence-electron chi connectivity index (χ2n) is 6.17. The SMILES string of the molecule is CS(=O)(=O)N1CC[C@H](F)[C@@]2(CCN(C(=O)c3ccco3)C2)C1. The van der Waals surface area contributed by atoms with Gasteiger partial charge in [0.1, 0.15) is 6.17 Å². The molecule has 0 radical (unpaired) electrons. The van der Waals surface area contributed by atoms with Crippen LogP contribution in [0.4, 0.5) is 4.39 Å². The molecule has 8 heteroatoms. The van der Waals surface area contributed by atoms with Gasteiger partial charge in [0, 0.05) is 31.6 Å². The largest absolute Gasteiger partial charge is 0.459 e. The number of amides is 1. The van der Waals surface area contributed by atoms with Gasteiger partial charge in [-0.25, -0.2) is 17.1 Å². The van der Waals surface area contributed by atoms with E-state index >= 15 is 0 Å². The zero-order chi connectivity index (χ0) is 16.0. The summed E-state index contributed by atoms with van der Waals surface area (Å²) < 4.78 is 44.4. The van der Waals surface area contributed by atoms with Crippen LogP contribution in [0.1, 0.15) is 23.4 Å². The van der Waals surface area contributed by atoms with Crippen LogP contribution in [0.3, 0.4) is 0 Å². The Morgan fingerprint density at radius 1 is 1.41 bits per heavy atom. The lowest BCUT2D eigenvalue weighted by atomic mass is 9.78. The topological polar surface area (TPSA) is 70.8 Å². The van der Waals surface area contributed by atoms with Crippen LogP contribution in [-0.4, -0.2) is 62.1 Å². The molecule has 0 aliphatic carbocycles. The number of hydrogen-bond donors (Lipinski definition) is 0. The van der Waals surface area contributed by atoms with Gasteiger partial charge >= 0.3 is 0 Å². The maximum Gasteiger partial charge on any atom is 0.289 e. The first-order chi connectivity index (χ1) is 10.3. The van der Waals surface area contributed by atoms with Crippen LogP contribution < -0.4 is 0 Å². The summed E-state index contributed by atoms with van der Waals surface area (Å²) in [5.74, 6) is -0.0474. The Balaban J connectivity index is 1.78. The first-order valence-electron chi connectivity index (χ1n) is 7.24. The Morgan fingerprint density at radius 3 is 2.82 bits per heavy atom. The second-order valence-corrected chi connectivity index (χ2v) is 8.15. The predicted octanol–water partition coefficient (Wildman–Crippen LogP) is 1.12. The summed E-state index contributed by atoms with van der Waals surface area (Å²) >= 11 is 0. The molecule has 2 aliphatic rings. The number of hydrogen-bond acceptors (Lipinski definition) is 4. The minimum absolute atomic E-state index is 0.134. The number of halogens is 1. The van der Waals surface area contributed by atoms with Gasteiger partial charge in [-0.05, 0) is 25.0 Å². The van der Waals surface area contributed by atoms with Crippen LogP contribution in [-0.2, 0) is 10.0 Å². The Hall–Kier alpha value is -1.41. The van der Waals surface area contributed by atoms with Crippen molar-refractivity contribution in [2.45, 2.75) is 19.0 Å². The van der Waals surface area contributed by atoms with E-state index in [0.29, 0.717) is 13.0 Å². The van der Waals surface area contributed by atoms with Crippen LogP contribution in [0.15, 0.2) is 22.8 Å². The van der Waals surface area contributed by atoms with E-state index in [2.05, 4.69) is 0 Å². The Morgan fingerprint density at radius 2 is 2.18 bits per heavy atom. The lowest BCUT2D eigenvalue weighted by molar-refractivity contribution is 0.0392. The average molecular weight is 330 g/mol. The molecule has 3 heterocycles. The third-order valence-corrected chi connectivity index (χ3v) is 5.91. The number of piperidine rings is 1. The van der Waals surface area contributed by atoms with Gasteiger partial charge in [-0.1, -0.05) is 0 Å². The molecule has 0 bridgehead atoms. The molecule has 2 aliphatic heterocycles. The maximum atomic E-state index is 14.5. The summed E-state index contributed by atoms with van der Waals surface area (Å²) in [5.41, 5.74) is -0.802. The van der Waals surface area contributed by atoms with Crippen LogP contribution >= 0.6 is 0 Å². The molecule has 1 spiro atoms. The van der Waals surface area contributed by atoms with E-state index in [1.54, 1.807) is 17.0 Å². The third kappa shape index (κ3) is 2.65. The first-order valence-corrected chi connectivity index (χ1v) is 9.09. The highest BCUT2D eigenvalue weighted by Gasteiger charge is 2.51. The fourth-order valence-corrected chi connectivity index (χ4v) is 4.31. The highest BCUT2D eigenvalue weighted by atomic mass is 32.2. The van der Waals surface area contributed by atoms with E-state index < -0.39 is 21.6 Å². The number of furan rings is 1. The van der Waals surface area contributed by atoms with E-state index in [-0.39, 0.29) is 37.7 Å². The quantitative estimate of drug-likeness (QED) is 0.814.